The van der Waals surface area contributed by atoms with Gasteiger partial charge in [0.05, 0.1) is 12.2 Å². The zero-order valence-corrected chi connectivity index (χ0v) is 19.0. The van der Waals surface area contributed by atoms with Crippen LogP contribution in [0.2, 0.25) is 0 Å². The van der Waals surface area contributed by atoms with Crippen LogP contribution < -0.4 is 10.6 Å². The van der Waals surface area contributed by atoms with Crippen molar-refractivity contribution in [3.63, 3.8) is 0 Å². The number of aliphatic imine (C=N–C) groups is 1. The molecule has 1 aromatic heterocycles. The van der Waals surface area contributed by atoms with E-state index >= 15 is 0 Å². The summed E-state index contributed by atoms with van der Waals surface area (Å²) in [4.78, 5) is 8.91. The van der Waals surface area contributed by atoms with E-state index in [9.17, 15) is 0 Å². The molecule has 5 nitrogen and oxygen atoms in total. The van der Waals surface area contributed by atoms with E-state index in [1.807, 2.05) is 0 Å². The lowest BCUT2D eigenvalue weighted by molar-refractivity contribution is 0.108. The Morgan fingerprint density at radius 3 is 2.58 bits per heavy atom. The van der Waals surface area contributed by atoms with Crippen LogP contribution in [0.3, 0.4) is 0 Å². The maximum Gasteiger partial charge on any atom is 0.191 e. The minimum atomic E-state index is 0. The Labute approximate surface area is 168 Å². The number of guanidine groups is 1. The van der Waals surface area contributed by atoms with Crippen LogP contribution in [-0.2, 0) is 16.7 Å². The Morgan fingerprint density at radius 2 is 2.04 bits per heavy atom. The summed E-state index contributed by atoms with van der Waals surface area (Å²) in [5.41, 5.74) is 1.24. The van der Waals surface area contributed by atoms with Gasteiger partial charge in [-0.1, -0.05) is 34.6 Å². The van der Waals surface area contributed by atoms with Gasteiger partial charge in [0, 0.05) is 37.6 Å². The van der Waals surface area contributed by atoms with E-state index in [1.165, 1.54) is 0 Å². The number of nitrogens with zero attached hydrogens (tertiary/aromatic N) is 2. The number of thiazole rings is 1. The lowest BCUT2D eigenvalue weighted by atomic mass is 9.93. The number of halogens is 1. The summed E-state index contributed by atoms with van der Waals surface area (Å²) in [7, 11) is 1.78. The van der Waals surface area contributed by atoms with Crippen LogP contribution in [0.15, 0.2) is 10.4 Å². The summed E-state index contributed by atoms with van der Waals surface area (Å²) >= 11 is 1.69. The van der Waals surface area contributed by atoms with Crippen LogP contribution in [0, 0.1) is 5.92 Å². The number of nitrogens with one attached hydrogen (secondary N) is 2. The van der Waals surface area contributed by atoms with Crippen molar-refractivity contribution < 1.29 is 4.74 Å². The van der Waals surface area contributed by atoms with Crippen molar-refractivity contribution in [3.8, 4) is 0 Å². The maximum absolute atomic E-state index is 5.57. The minimum Gasteiger partial charge on any atom is -0.381 e. The van der Waals surface area contributed by atoms with Crippen LogP contribution in [0.1, 0.15) is 51.7 Å². The number of ether oxygens (including phenoxy) is 1. The first kappa shape index (κ1) is 23.6. The van der Waals surface area contributed by atoms with Gasteiger partial charge in [-0.25, -0.2) is 4.98 Å². The van der Waals surface area contributed by atoms with E-state index in [1.54, 1.807) is 18.4 Å². The van der Waals surface area contributed by atoms with Gasteiger partial charge in [0.25, 0.3) is 0 Å². The summed E-state index contributed by atoms with van der Waals surface area (Å²) in [6.07, 6.45) is 0.971. The quantitative estimate of drug-likeness (QED) is 0.264. The molecule has 24 heavy (non-hydrogen) atoms. The second kappa shape index (κ2) is 12.0. The van der Waals surface area contributed by atoms with Crippen LogP contribution in [0.4, 0.5) is 0 Å². The largest absolute Gasteiger partial charge is 0.381 e. The normalized spacial score (nSPS) is 12.2. The fourth-order valence-electron chi connectivity index (χ4n) is 1.82. The Hall–Kier alpha value is -0.410. The molecule has 1 rings (SSSR count). The second-order valence-corrected chi connectivity index (χ2v) is 7.99. The molecular formula is C17H33IN4OS. The van der Waals surface area contributed by atoms with Crippen molar-refractivity contribution >= 4 is 41.3 Å². The first-order chi connectivity index (χ1) is 10.8. The van der Waals surface area contributed by atoms with Crippen molar-refractivity contribution in [2.45, 2.75) is 53.0 Å². The van der Waals surface area contributed by atoms with Gasteiger partial charge in [-0.05, 0) is 12.3 Å². The average Bonchev–Trinajstić information content (AvgIpc) is 2.94. The third-order valence-electron chi connectivity index (χ3n) is 3.16. The molecule has 0 saturated carbocycles. The Kier molecular flexibility index (Phi) is 11.8. The number of aromatic nitrogens is 1. The van der Waals surface area contributed by atoms with Crippen molar-refractivity contribution in [2.75, 3.05) is 26.8 Å². The van der Waals surface area contributed by atoms with E-state index in [4.69, 9.17) is 4.74 Å². The van der Waals surface area contributed by atoms with Crippen LogP contribution in [0.25, 0.3) is 0 Å². The first-order valence-corrected chi connectivity index (χ1v) is 9.18. The van der Waals surface area contributed by atoms with Gasteiger partial charge in [-0.3, -0.25) is 4.99 Å². The van der Waals surface area contributed by atoms with Gasteiger partial charge >= 0.3 is 0 Å². The topological polar surface area (TPSA) is 58.5 Å². The average molecular weight is 468 g/mol. The molecule has 0 atom stereocenters. The Balaban J connectivity index is 0.00000529. The van der Waals surface area contributed by atoms with Crippen molar-refractivity contribution in [3.05, 3.63) is 16.1 Å². The molecule has 0 unspecified atom stereocenters. The summed E-state index contributed by atoms with van der Waals surface area (Å²) in [5.74, 6) is 1.40. The molecule has 0 fully saturated rings. The van der Waals surface area contributed by atoms with E-state index in [0.29, 0.717) is 12.5 Å². The molecule has 140 valence electrons. The molecule has 2 N–H and O–H groups in total. The van der Waals surface area contributed by atoms with E-state index in [2.05, 4.69) is 60.6 Å². The number of hydrogen-bond acceptors (Lipinski definition) is 4. The third-order valence-corrected chi connectivity index (χ3v) is 4.01. The van der Waals surface area contributed by atoms with Crippen molar-refractivity contribution in [2.24, 2.45) is 10.9 Å². The SMILES string of the molecule is CN=C(NCCCOCC(C)C)NCc1nc(C(C)(C)C)cs1.I. The molecular weight excluding hydrogens is 435 g/mol. The monoisotopic (exact) mass is 468 g/mol. The van der Waals surface area contributed by atoms with Crippen LogP contribution >= 0.6 is 35.3 Å². The van der Waals surface area contributed by atoms with E-state index in [0.717, 1.165) is 42.8 Å². The van der Waals surface area contributed by atoms with Crippen LogP contribution in [0.5, 0.6) is 0 Å². The highest BCUT2D eigenvalue weighted by Crippen LogP contribution is 2.23. The van der Waals surface area contributed by atoms with Gasteiger partial charge in [0.15, 0.2) is 5.96 Å². The molecule has 0 amide bonds. The molecule has 1 heterocycles. The predicted molar refractivity (Wildman–Crippen MR) is 115 cm³/mol. The maximum atomic E-state index is 5.57. The van der Waals surface area contributed by atoms with Gasteiger partial charge in [-0.15, -0.1) is 35.3 Å². The summed E-state index contributed by atoms with van der Waals surface area (Å²) in [5, 5.41) is 9.83. The zero-order chi connectivity index (χ0) is 17.3. The molecule has 0 radical (unpaired) electrons. The fourth-order valence-corrected chi connectivity index (χ4v) is 2.78. The molecule has 0 aliphatic carbocycles. The standard InChI is InChI=1S/C17H32N4OS.HI/c1-13(2)11-22-9-7-8-19-16(18-6)20-10-15-21-14(12-23-15)17(3,4)5;/h12-13H,7-11H2,1-6H3,(H2,18,19,20);1H. The third kappa shape index (κ3) is 9.78. The fraction of sp³-hybridized carbons (Fsp3) is 0.765. The highest BCUT2D eigenvalue weighted by atomic mass is 127. The molecule has 1 aromatic rings. The zero-order valence-electron chi connectivity index (χ0n) is 15.8. The van der Waals surface area contributed by atoms with Gasteiger partial charge in [0.2, 0.25) is 0 Å². The predicted octanol–water partition coefficient (Wildman–Crippen LogP) is 3.79. The number of rotatable bonds is 8. The van der Waals surface area contributed by atoms with Crippen molar-refractivity contribution in [1.29, 1.82) is 0 Å². The van der Waals surface area contributed by atoms with E-state index < -0.39 is 0 Å². The molecule has 0 bridgehead atoms. The minimum absolute atomic E-state index is 0. The summed E-state index contributed by atoms with van der Waals surface area (Å²) in [6, 6.07) is 0. The van der Waals surface area contributed by atoms with E-state index in [-0.39, 0.29) is 29.4 Å². The molecule has 0 aromatic carbocycles. The van der Waals surface area contributed by atoms with Crippen LogP contribution in [-0.4, -0.2) is 37.7 Å². The molecule has 0 spiro atoms. The molecule has 0 aliphatic heterocycles. The molecule has 0 aliphatic rings. The van der Waals surface area contributed by atoms with Gasteiger partial charge < -0.3 is 15.4 Å². The Morgan fingerprint density at radius 1 is 1.33 bits per heavy atom. The first-order valence-electron chi connectivity index (χ1n) is 8.30. The smallest absolute Gasteiger partial charge is 0.191 e. The molecule has 7 heteroatoms. The van der Waals surface area contributed by atoms with Crippen molar-refractivity contribution in [1.82, 2.24) is 15.6 Å². The molecule has 0 saturated heterocycles. The summed E-state index contributed by atoms with van der Waals surface area (Å²) < 4.78 is 5.57. The lowest BCUT2D eigenvalue weighted by Crippen LogP contribution is -2.37. The van der Waals surface area contributed by atoms with Gasteiger partial charge in [0.1, 0.15) is 5.01 Å². The summed E-state index contributed by atoms with van der Waals surface area (Å²) in [6.45, 7) is 14.0. The second-order valence-electron chi connectivity index (χ2n) is 7.05. The van der Waals surface area contributed by atoms with Gasteiger partial charge in [-0.2, -0.15) is 0 Å². The highest BCUT2D eigenvalue weighted by molar-refractivity contribution is 14.0. The highest BCUT2D eigenvalue weighted by Gasteiger charge is 2.17. The number of hydrogen-bond donors (Lipinski definition) is 2. The lowest BCUT2D eigenvalue weighted by Gasteiger charge is -2.14. The Bertz CT molecular complexity index is 483.